The lowest BCUT2D eigenvalue weighted by molar-refractivity contribution is 0.0376. The molecular formula is C22H23ClN4O2S2. The zero-order chi connectivity index (χ0) is 20.3. The first-order valence-electron chi connectivity index (χ1n) is 10.1. The summed E-state index contributed by atoms with van der Waals surface area (Å²) >= 11 is 3.00. The third-order valence-corrected chi connectivity index (χ3v) is 7.28. The van der Waals surface area contributed by atoms with Crippen molar-refractivity contribution in [3.8, 4) is 0 Å². The lowest BCUT2D eigenvalue weighted by atomic mass is 10.3. The largest absolute Gasteiger partial charge is 0.379 e. The summed E-state index contributed by atoms with van der Waals surface area (Å²) in [6.07, 6.45) is 0.882. The monoisotopic (exact) mass is 474 g/mol. The van der Waals surface area contributed by atoms with Gasteiger partial charge in [-0.05, 0) is 30.7 Å². The van der Waals surface area contributed by atoms with Crippen molar-refractivity contribution in [3.63, 3.8) is 0 Å². The van der Waals surface area contributed by atoms with Crippen molar-refractivity contribution < 1.29 is 9.53 Å². The molecule has 0 atom stereocenters. The molecule has 1 fully saturated rings. The quantitative estimate of drug-likeness (QED) is 0.405. The van der Waals surface area contributed by atoms with Gasteiger partial charge in [-0.3, -0.25) is 14.6 Å². The second-order valence-electron chi connectivity index (χ2n) is 7.22. The predicted octanol–water partition coefficient (Wildman–Crippen LogP) is 4.70. The smallest absolute Gasteiger partial charge is 0.289 e. The zero-order valence-electron chi connectivity index (χ0n) is 16.9. The molecule has 4 aromatic rings. The van der Waals surface area contributed by atoms with Gasteiger partial charge >= 0.3 is 0 Å². The summed E-state index contributed by atoms with van der Waals surface area (Å²) in [5.74, 6) is -0.0720. The minimum Gasteiger partial charge on any atom is -0.379 e. The van der Waals surface area contributed by atoms with Crippen LogP contribution in [0.1, 0.15) is 16.2 Å². The van der Waals surface area contributed by atoms with E-state index >= 15 is 0 Å². The second kappa shape index (κ2) is 10.0. The fraction of sp³-hybridized carbons (Fsp3) is 0.318. The number of hydrogen-bond donors (Lipinski definition) is 0. The number of para-hydroxylation sites is 2. The first-order valence-corrected chi connectivity index (χ1v) is 11.7. The van der Waals surface area contributed by atoms with Gasteiger partial charge in [0.15, 0.2) is 10.1 Å². The molecule has 0 saturated carbocycles. The molecule has 2 aromatic carbocycles. The van der Waals surface area contributed by atoms with Gasteiger partial charge in [-0.1, -0.05) is 35.6 Å². The molecule has 0 aliphatic carbocycles. The third-order valence-electron chi connectivity index (χ3n) is 5.20. The molecule has 31 heavy (non-hydrogen) atoms. The first kappa shape index (κ1) is 22.1. The fourth-order valence-electron chi connectivity index (χ4n) is 3.62. The Bertz CT molecular complexity index is 1110. The zero-order valence-corrected chi connectivity index (χ0v) is 19.3. The minimum atomic E-state index is -0.0720. The van der Waals surface area contributed by atoms with Gasteiger partial charge in [-0.25, -0.2) is 9.97 Å². The number of hydrogen-bond acceptors (Lipinski definition) is 7. The Morgan fingerprint density at radius 3 is 2.29 bits per heavy atom. The van der Waals surface area contributed by atoms with Gasteiger partial charge in [0.2, 0.25) is 0 Å². The Morgan fingerprint density at radius 2 is 1.61 bits per heavy atom. The number of morpholine rings is 1. The van der Waals surface area contributed by atoms with E-state index in [1.165, 1.54) is 11.3 Å². The van der Waals surface area contributed by atoms with Crippen molar-refractivity contribution in [2.45, 2.75) is 6.42 Å². The molecule has 1 aliphatic rings. The highest BCUT2D eigenvalue weighted by Crippen LogP contribution is 2.31. The molecule has 6 nitrogen and oxygen atoms in total. The molecule has 0 radical (unpaired) electrons. The van der Waals surface area contributed by atoms with Gasteiger partial charge < -0.3 is 4.74 Å². The number of amides is 1. The maximum Gasteiger partial charge on any atom is 0.289 e. The number of aromatic nitrogens is 2. The van der Waals surface area contributed by atoms with Crippen molar-refractivity contribution >= 4 is 66.6 Å². The number of carbonyl (C=O) groups excluding carboxylic acids is 1. The average Bonchev–Trinajstić information content (AvgIpc) is 3.41. The topological polar surface area (TPSA) is 58.6 Å². The standard InChI is InChI=1S/C22H22N4O2S2.ClH/c27-21(20-23-16-6-1-3-8-18(16)29-20)26(11-5-10-25-12-14-28-15-13-25)22-24-17-7-2-4-9-19(17)30-22;/h1-4,6-9H,5,10-15H2;1H. The van der Waals surface area contributed by atoms with Gasteiger partial charge in [0.1, 0.15) is 0 Å². The van der Waals surface area contributed by atoms with Crippen LogP contribution in [-0.4, -0.2) is 60.2 Å². The van der Waals surface area contributed by atoms with Crippen molar-refractivity contribution in [2.24, 2.45) is 0 Å². The Kier molecular flexibility index (Phi) is 7.14. The molecule has 0 unspecified atom stereocenters. The highest BCUT2D eigenvalue weighted by Gasteiger charge is 2.24. The maximum atomic E-state index is 13.5. The number of rotatable bonds is 6. The summed E-state index contributed by atoms with van der Waals surface area (Å²) in [6, 6.07) is 15.9. The predicted molar refractivity (Wildman–Crippen MR) is 130 cm³/mol. The van der Waals surface area contributed by atoms with Gasteiger partial charge in [-0.15, -0.1) is 23.7 Å². The van der Waals surface area contributed by atoms with E-state index in [0.29, 0.717) is 11.6 Å². The van der Waals surface area contributed by atoms with Crippen LogP contribution in [0.5, 0.6) is 0 Å². The molecular weight excluding hydrogens is 452 g/mol. The van der Waals surface area contributed by atoms with Crippen molar-refractivity contribution in [1.82, 2.24) is 14.9 Å². The van der Waals surface area contributed by atoms with Crippen LogP contribution >= 0.6 is 35.1 Å². The lowest BCUT2D eigenvalue weighted by Crippen LogP contribution is -2.39. The van der Waals surface area contributed by atoms with E-state index < -0.39 is 0 Å². The Hall–Kier alpha value is -2.10. The maximum absolute atomic E-state index is 13.5. The van der Waals surface area contributed by atoms with Crippen LogP contribution < -0.4 is 4.90 Å². The number of carbonyl (C=O) groups is 1. The molecule has 0 N–H and O–H groups in total. The molecule has 0 bridgehead atoms. The van der Waals surface area contributed by atoms with Crippen LogP contribution in [0.15, 0.2) is 48.5 Å². The summed E-state index contributed by atoms with van der Waals surface area (Å²) in [6.45, 7) is 5.03. The molecule has 9 heteroatoms. The summed E-state index contributed by atoms with van der Waals surface area (Å²) < 4.78 is 7.55. The van der Waals surface area contributed by atoms with Crippen LogP contribution in [0.3, 0.4) is 0 Å². The molecule has 1 saturated heterocycles. The van der Waals surface area contributed by atoms with Gasteiger partial charge in [-0.2, -0.15) is 0 Å². The number of thiazole rings is 2. The summed E-state index contributed by atoms with van der Waals surface area (Å²) in [5, 5.41) is 1.25. The van der Waals surface area contributed by atoms with Crippen LogP contribution in [-0.2, 0) is 4.74 Å². The van der Waals surface area contributed by atoms with Crippen molar-refractivity contribution in [3.05, 3.63) is 53.5 Å². The van der Waals surface area contributed by atoms with Crippen molar-refractivity contribution in [1.29, 1.82) is 0 Å². The molecule has 5 rings (SSSR count). The van der Waals surface area contributed by atoms with Crippen molar-refractivity contribution in [2.75, 3.05) is 44.3 Å². The molecule has 0 spiro atoms. The van der Waals surface area contributed by atoms with Crippen LogP contribution in [0.2, 0.25) is 0 Å². The van der Waals surface area contributed by atoms with Gasteiger partial charge in [0.25, 0.3) is 5.91 Å². The number of fused-ring (bicyclic) bond motifs is 2. The van der Waals surface area contributed by atoms with E-state index in [4.69, 9.17) is 9.72 Å². The second-order valence-corrected chi connectivity index (χ2v) is 9.26. The van der Waals surface area contributed by atoms with Gasteiger partial charge in [0.05, 0.1) is 33.6 Å². The first-order chi connectivity index (χ1) is 14.8. The van der Waals surface area contributed by atoms with Crippen LogP contribution in [0, 0.1) is 0 Å². The normalized spacial score (nSPS) is 14.6. The number of nitrogens with zero attached hydrogens (tertiary/aromatic N) is 4. The lowest BCUT2D eigenvalue weighted by Gasteiger charge is -2.27. The van der Waals surface area contributed by atoms with E-state index in [0.717, 1.165) is 64.8 Å². The number of anilines is 1. The highest BCUT2D eigenvalue weighted by molar-refractivity contribution is 7.22. The third kappa shape index (κ3) is 4.88. The SMILES string of the molecule is Cl.O=C(c1nc2ccccc2s1)N(CCCN1CCOCC1)c1nc2ccccc2s1. The molecule has 3 heterocycles. The number of benzene rings is 2. The Morgan fingerprint density at radius 1 is 0.968 bits per heavy atom. The van der Waals surface area contributed by atoms with Crippen LogP contribution in [0.25, 0.3) is 20.4 Å². The van der Waals surface area contributed by atoms with E-state index in [9.17, 15) is 4.79 Å². The minimum absolute atomic E-state index is 0. The molecule has 2 aromatic heterocycles. The van der Waals surface area contributed by atoms with E-state index in [1.807, 2.05) is 53.4 Å². The molecule has 162 valence electrons. The summed E-state index contributed by atoms with van der Waals surface area (Å²) in [4.78, 5) is 27.0. The molecule has 1 amide bonds. The number of ether oxygens (including phenoxy) is 1. The summed E-state index contributed by atoms with van der Waals surface area (Å²) in [7, 11) is 0. The molecule has 1 aliphatic heterocycles. The van der Waals surface area contributed by atoms with E-state index in [2.05, 4.69) is 9.88 Å². The highest BCUT2D eigenvalue weighted by atomic mass is 35.5. The number of halogens is 1. The van der Waals surface area contributed by atoms with E-state index in [-0.39, 0.29) is 18.3 Å². The fourth-order valence-corrected chi connectivity index (χ4v) is 5.52. The summed E-state index contributed by atoms with van der Waals surface area (Å²) in [5.41, 5.74) is 1.79. The van der Waals surface area contributed by atoms with Crippen LogP contribution in [0.4, 0.5) is 5.13 Å². The average molecular weight is 475 g/mol. The Labute approximate surface area is 194 Å². The van der Waals surface area contributed by atoms with E-state index in [1.54, 1.807) is 11.3 Å². The van der Waals surface area contributed by atoms with Gasteiger partial charge in [0, 0.05) is 26.2 Å². The Balaban J connectivity index is 0.00000231.